The number of carbonyl (C=O) groups excluding carboxylic acids is 4. The maximum atomic E-state index is 13.0. The third kappa shape index (κ3) is 5.68. The monoisotopic (exact) mass is 458 g/mol. The van der Waals surface area contributed by atoms with Gasteiger partial charge in [0.2, 0.25) is 5.91 Å². The summed E-state index contributed by atoms with van der Waals surface area (Å²) in [5.74, 6) is -0.565. The van der Waals surface area contributed by atoms with Crippen LogP contribution in [0.1, 0.15) is 12.5 Å². The van der Waals surface area contributed by atoms with Gasteiger partial charge in [0.05, 0.1) is 20.2 Å². The smallest absolute Gasteiger partial charge is 0.344 e. The second-order valence-electron chi connectivity index (χ2n) is 8.11. The van der Waals surface area contributed by atoms with Crippen molar-refractivity contribution >= 4 is 23.8 Å². The van der Waals surface area contributed by atoms with Crippen LogP contribution in [0.15, 0.2) is 36.9 Å². The molecule has 2 aliphatic heterocycles. The fourth-order valence-electron chi connectivity index (χ4n) is 3.78. The molecule has 0 bridgehead atoms. The lowest BCUT2D eigenvalue weighted by atomic mass is 9.92. The number of hydrogen-bond acceptors (Lipinski definition) is 7. The lowest BCUT2D eigenvalue weighted by molar-refractivity contribution is -0.139. The predicted octanol–water partition coefficient (Wildman–Crippen LogP) is -0.587. The van der Waals surface area contributed by atoms with E-state index in [4.69, 9.17) is 4.74 Å². The summed E-state index contributed by atoms with van der Waals surface area (Å²) in [7, 11) is 1.51. The summed E-state index contributed by atoms with van der Waals surface area (Å²) in [6.07, 6.45) is 1.62. The van der Waals surface area contributed by atoms with E-state index in [9.17, 15) is 19.2 Å². The third-order valence-corrected chi connectivity index (χ3v) is 5.72. The van der Waals surface area contributed by atoms with Gasteiger partial charge < -0.3 is 15.4 Å². The van der Waals surface area contributed by atoms with Crippen molar-refractivity contribution in [2.45, 2.75) is 12.5 Å². The van der Waals surface area contributed by atoms with Crippen LogP contribution in [0, 0.1) is 0 Å². The molecule has 2 saturated heterocycles. The highest BCUT2D eigenvalue weighted by atomic mass is 16.5. The Bertz CT molecular complexity index is 930. The van der Waals surface area contributed by atoms with Crippen molar-refractivity contribution in [3.8, 4) is 5.75 Å². The Kier molecular flexibility index (Phi) is 7.67. The highest BCUT2D eigenvalue weighted by Crippen LogP contribution is 2.30. The predicted molar refractivity (Wildman–Crippen MR) is 120 cm³/mol. The molecule has 1 aromatic rings. The summed E-state index contributed by atoms with van der Waals surface area (Å²) in [6.45, 7) is 8.33. The molecular formula is C22H30N6O5. The largest absolute Gasteiger partial charge is 0.497 e. The first kappa shape index (κ1) is 24.2. The van der Waals surface area contributed by atoms with Crippen molar-refractivity contribution in [2.24, 2.45) is 0 Å². The minimum Gasteiger partial charge on any atom is -0.497 e. The zero-order valence-corrected chi connectivity index (χ0v) is 18.9. The van der Waals surface area contributed by atoms with Crippen LogP contribution in [0.25, 0.3) is 0 Å². The molecular weight excluding hydrogens is 428 g/mol. The average Bonchev–Trinajstić information content (AvgIpc) is 3.03. The van der Waals surface area contributed by atoms with Crippen molar-refractivity contribution in [2.75, 3.05) is 52.9 Å². The van der Waals surface area contributed by atoms with Crippen LogP contribution in [0.3, 0.4) is 0 Å². The van der Waals surface area contributed by atoms with Crippen molar-refractivity contribution in [1.29, 1.82) is 0 Å². The number of nitrogens with zero attached hydrogens (tertiary/aromatic N) is 3. The van der Waals surface area contributed by atoms with E-state index in [-0.39, 0.29) is 12.5 Å². The number of nitrogens with one attached hydrogen (secondary N) is 3. The molecule has 0 radical (unpaired) electrons. The molecule has 3 rings (SSSR count). The highest BCUT2D eigenvalue weighted by Gasteiger charge is 2.50. The molecule has 33 heavy (non-hydrogen) atoms. The summed E-state index contributed by atoms with van der Waals surface area (Å²) in [4.78, 5) is 53.7. The van der Waals surface area contributed by atoms with E-state index in [0.717, 1.165) is 5.01 Å². The first-order chi connectivity index (χ1) is 15.8. The Morgan fingerprint density at radius 2 is 1.79 bits per heavy atom. The van der Waals surface area contributed by atoms with Gasteiger partial charge in [0.15, 0.2) is 0 Å². The molecule has 1 unspecified atom stereocenters. The minimum absolute atomic E-state index is 0.0312. The van der Waals surface area contributed by atoms with Crippen LogP contribution in [0.5, 0.6) is 5.75 Å². The second-order valence-corrected chi connectivity index (χ2v) is 8.11. The first-order valence-corrected chi connectivity index (χ1v) is 10.7. The Morgan fingerprint density at radius 1 is 1.15 bits per heavy atom. The summed E-state index contributed by atoms with van der Waals surface area (Å²) in [5.41, 5.74) is 1.64. The lowest BCUT2D eigenvalue weighted by Gasteiger charge is -2.34. The van der Waals surface area contributed by atoms with E-state index >= 15 is 0 Å². The lowest BCUT2D eigenvalue weighted by Crippen LogP contribution is -2.54. The molecule has 0 aliphatic carbocycles. The van der Waals surface area contributed by atoms with Gasteiger partial charge in [-0.05, 0) is 24.6 Å². The molecule has 11 nitrogen and oxygen atoms in total. The fourth-order valence-corrected chi connectivity index (χ4v) is 3.78. The molecule has 3 N–H and O–H groups in total. The Hall–Kier alpha value is -3.44. The van der Waals surface area contributed by atoms with Gasteiger partial charge in [-0.1, -0.05) is 18.2 Å². The third-order valence-electron chi connectivity index (χ3n) is 5.72. The van der Waals surface area contributed by atoms with Crippen molar-refractivity contribution < 1.29 is 23.9 Å². The highest BCUT2D eigenvalue weighted by molar-refractivity contribution is 6.08. The standard InChI is InChI=1S/C22H30N6O5/c1-4-8-23-18(29)14-26-9-11-27(12-10-26)15-19(30)25-28-20(31)22(2,24-21(28)32)16-6-5-7-17(13-16)33-3/h4-7,13H,1,8-12,14-15H2,2-3H3,(H,23,29)(H,24,32)(H,25,30). The molecule has 178 valence electrons. The van der Waals surface area contributed by atoms with Gasteiger partial charge in [-0.15, -0.1) is 6.58 Å². The fraction of sp³-hybridized carbons (Fsp3) is 0.455. The van der Waals surface area contributed by atoms with Gasteiger partial charge >= 0.3 is 6.03 Å². The van der Waals surface area contributed by atoms with E-state index in [2.05, 4.69) is 22.6 Å². The molecule has 0 saturated carbocycles. The number of urea groups is 1. The molecule has 5 amide bonds. The number of imide groups is 1. The van der Waals surface area contributed by atoms with Gasteiger partial charge in [0.25, 0.3) is 11.8 Å². The number of rotatable bonds is 9. The number of hydrazine groups is 1. The summed E-state index contributed by atoms with van der Waals surface area (Å²) in [5, 5.41) is 6.11. The van der Waals surface area contributed by atoms with E-state index in [0.29, 0.717) is 50.6 Å². The number of benzene rings is 1. The quantitative estimate of drug-likeness (QED) is 0.334. The summed E-state index contributed by atoms with van der Waals surface area (Å²) >= 11 is 0. The zero-order valence-electron chi connectivity index (χ0n) is 18.9. The first-order valence-electron chi connectivity index (χ1n) is 10.7. The summed E-state index contributed by atoms with van der Waals surface area (Å²) in [6, 6.07) is 6.14. The van der Waals surface area contributed by atoms with Crippen molar-refractivity contribution in [3.05, 3.63) is 42.5 Å². The molecule has 2 fully saturated rings. The molecule has 0 aromatic heterocycles. The molecule has 0 spiro atoms. The van der Waals surface area contributed by atoms with E-state index in [1.807, 2.05) is 9.80 Å². The Labute approximate surface area is 192 Å². The van der Waals surface area contributed by atoms with Crippen molar-refractivity contribution in [3.63, 3.8) is 0 Å². The van der Waals surface area contributed by atoms with E-state index < -0.39 is 23.4 Å². The average molecular weight is 459 g/mol. The van der Waals surface area contributed by atoms with Gasteiger partial charge in [-0.25, -0.2) is 4.79 Å². The number of methoxy groups -OCH3 is 1. The maximum Gasteiger partial charge on any atom is 0.344 e. The van der Waals surface area contributed by atoms with E-state index in [1.165, 1.54) is 7.11 Å². The van der Waals surface area contributed by atoms with Crippen LogP contribution in [-0.2, 0) is 19.9 Å². The minimum atomic E-state index is -1.32. The molecule has 1 aromatic carbocycles. The van der Waals surface area contributed by atoms with Crippen LogP contribution in [-0.4, -0.2) is 91.5 Å². The van der Waals surface area contributed by atoms with Crippen LogP contribution in [0.4, 0.5) is 4.79 Å². The summed E-state index contributed by atoms with van der Waals surface area (Å²) < 4.78 is 5.20. The van der Waals surface area contributed by atoms with Gasteiger partial charge in [0.1, 0.15) is 11.3 Å². The van der Waals surface area contributed by atoms with Crippen LogP contribution < -0.4 is 20.8 Å². The van der Waals surface area contributed by atoms with Gasteiger partial charge in [0, 0.05) is 32.7 Å². The van der Waals surface area contributed by atoms with Crippen molar-refractivity contribution in [1.82, 2.24) is 30.9 Å². The Balaban J connectivity index is 1.51. The van der Waals surface area contributed by atoms with Gasteiger partial charge in [-0.3, -0.25) is 29.6 Å². The number of hydrogen-bond donors (Lipinski definition) is 3. The SMILES string of the molecule is C=CCNC(=O)CN1CCN(CC(=O)NN2C(=O)NC(C)(c3cccc(OC)c3)C2=O)CC1. The Morgan fingerprint density at radius 3 is 2.39 bits per heavy atom. The molecule has 2 aliphatic rings. The topological polar surface area (TPSA) is 123 Å². The zero-order chi connectivity index (χ0) is 24.0. The maximum absolute atomic E-state index is 13.0. The number of carbonyl (C=O) groups is 4. The van der Waals surface area contributed by atoms with Gasteiger partial charge in [-0.2, -0.15) is 5.01 Å². The normalized spacial score (nSPS) is 21.5. The number of ether oxygens (including phenoxy) is 1. The van der Waals surface area contributed by atoms with Crippen LogP contribution in [0.2, 0.25) is 0 Å². The molecule has 2 heterocycles. The number of piperazine rings is 1. The second kappa shape index (κ2) is 10.5. The molecule has 11 heteroatoms. The molecule has 1 atom stereocenters. The van der Waals surface area contributed by atoms with Crippen LogP contribution >= 0.6 is 0 Å². The van der Waals surface area contributed by atoms with E-state index in [1.54, 1.807) is 37.3 Å². The number of amides is 5.